The number of hydrogen-bond donors (Lipinski definition) is 3. The molecule has 1 atom stereocenters. The molecule has 1 aromatic carbocycles. The lowest BCUT2D eigenvalue weighted by molar-refractivity contribution is 0.0941. The lowest BCUT2D eigenvalue weighted by Gasteiger charge is -2.11. The summed E-state index contributed by atoms with van der Waals surface area (Å²) in [7, 11) is 0. The Morgan fingerprint density at radius 1 is 1.53 bits per heavy atom. The van der Waals surface area contributed by atoms with Crippen molar-refractivity contribution >= 4 is 5.91 Å². The van der Waals surface area contributed by atoms with Gasteiger partial charge in [-0.15, -0.1) is 0 Å². The second kappa shape index (κ2) is 5.75. The van der Waals surface area contributed by atoms with Crippen LogP contribution in [0.1, 0.15) is 30.1 Å². The molecule has 0 radical (unpaired) electrons. The monoisotopic (exact) mass is 234 g/mol. The van der Waals surface area contributed by atoms with Gasteiger partial charge in [-0.2, -0.15) is 5.26 Å². The van der Waals surface area contributed by atoms with E-state index in [0.29, 0.717) is 6.42 Å². The summed E-state index contributed by atoms with van der Waals surface area (Å²) >= 11 is 0. The molecule has 1 unspecified atom stereocenters. The number of amides is 1. The van der Waals surface area contributed by atoms with Crippen molar-refractivity contribution in [3.05, 3.63) is 23.8 Å². The fourth-order valence-corrected chi connectivity index (χ4v) is 1.41. The van der Waals surface area contributed by atoms with Gasteiger partial charge in [0.15, 0.2) is 0 Å². The standard InChI is InChI=1S/C12H14N2O3/c1-2-3-8(7-13)14-12(17)10-5-4-9(15)6-11(10)16/h4-6,8,15-16H,2-3H2,1H3,(H,14,17). The maximum absolute atomic E-state index is 11.7. The molecule has 0 aromatic heterocycles. The maximum Gasteiger partial charge on any atom is 0.256 e. The molecule has 0 spiro atoms. The zero-order chi connectivity index (χ0) is 12.8. The van der Waals surface area contributed by atoms with Crippen LogP contribution in [0.2, 0.25) is 0 Å². The van der Waals surface area contributed by atoms with Gasteiger partial charge in [0.05, 0.1) is 11.6 Å². The van der Waals surface area contributed by atoms with E-state index in [0.717, 1.165) is 12.5 Å². The van der Waals surface area contributed by atoms with E-state index in [4.69, 9.17) is 10.4 Å². The molecule has 0 saturated heterocycles. The molecule has 90 valence electrons. The Balaban J connectivity index is 2.79. The summed E-state index contributed by atoms with van der Waals surface area (Å²) in [5, 5.41) is 29.9. The predicted octanol–water partition coefficient (Wildman–Crippen LogP) is 1.52. The summed E-state index contributed by atoms with van der Waals surface area (Å²) in [6.45, 7) is 1.91. The van der Waals surface area contributed by atoms with Gasteiger partial charge in [0.25, 0.3) is 5.91 Å². The third-order valence-electron chi connectivity index (χ3n) is 2.26. The first-order valence-corrected chi connectivity index (χ1v) is 5.31. The maximum atomic E-state index is 11.7. The third kappa shape index (κ3) is 3.38. The van der Waals surface area contributed by atoms with Gasteiger partial charge >= 0.3 is 0 Å². The molecule has 0 heterocycles. The molecule has 3 N–H and O–H groups in total. The highest BCUT2D eigenvalue weighted by molar-refractivity contribution is 5.97. The molecule has 0 aliphatic rings. The minimum absolute atomic E-state index is 0.0409. The number of aromatic hydroxyl groups is 2. The van der Waals surface area contributed by atoms with Crippen molar-refractivity contribution < 1.29 is 15.0 Å². The Hall–Kier alpha value is -2.22. The van der Waals surface area contributed by atoms with Gasteiger partial charge in [0.1, 0.15) is 17.5 Å². The van der Waals surface area contributed by atoms with Gasteiger partial charge < -0.3 is 15.5 Å². The summed E-state index contributed by atoms with van der Waals surface area (Å²) < 4.78 is 0. The predicted molar refractivity (Wildman–Crippen MR) is 61.5 cm³/mol. The number of nitrogens with zero attached hydrogens (tertiary/aromatic N) is 1. The Morgan fingerprint density at radius 3 is 2.76 bits per heavy atom. The van der Waals surface area contributed by atoms with E-state index in [1.807, 2.05) is 13.0 Å². The number of phenolic OH excluding ortho intramolecular Hbond substituents is 2. The molecular weight excluding hydrogens is 220 g/mol. The number of phenols is 2. The highest BCUT2D eigenvalue weighted by Gasteiger charge is 2.15. The first-order valence-electron chi connectivity index (χ1n) is 5.31. The van der Waals surface area contributed by atoms with Gasteiger partial charge in [-0.3, -0.25) is 4.79 Å². The van der Waals surface area contributed by atoms with E-state index < -0.39 is 11.9 Å². The molecule has 0 saturated carbocycles. The van der Waals surface area contributed by atoms with Crippen molar-refractivity contribution in [2.75, 3.05) is 0 Å². The average molecular weight is 234 g/mol. The fourth-order valence-electron chi connectivity index (χ4n) is 1.41. The second-order valence-corrected chi connectivity index (χ2v) is 3.65. The highest BCUT2D eigenvalue weighted by Crippen LogP contribution is 2.22. The van der Waals surface area contributed by atoms with E-state index >= 15 is 0 Å². The molecule has 5 nitrogen and oxygen atoms in total. The summed E-state index contributed by atoms with van der Waals surface area (Å²) in [4.78, 5) is 11.7. The largest absolute Gasteiger partial charge is 0.508 e. The van der Waals surface area contributed by atoms with Gasteiger partial charge in [0, 0.05) is 6.07 Å². The molecule has 5 heteroatoms. The SMILES string of the molecule is CCCC(C#N)NC(=O)c1ccc(O)cc1O. The van der Waals surface area contributed by atoms with E-state index in [2.05, 4.69) is 5.32 Å². The Labute approximate surface area is 99.3 Å². The van der Waals surface area contributed by atoms with E-state index in [-0.39, 0.29) is 17.1 Å². The van der Waals surface area contributed by atoms with Crippen LogP contribution in [0.4, 0.5) is 0 Å². The molecule has 1 amide bonds. The molecule has 17 heavy (non-hydrogen) atoms. The minimum atomic E-state index is -0.569. The minimum Gasteiger partial charge on any atom is -0.508 e. The molecule has 1 rings (SSSR count). The van der Waals surface area contributed by atoms with Crippen molar-refractivity contribution in [3.8, 4) is 17.6 Å². The van der Waals surface area contributed by atoms with Crippen molar-refractivity contribution in [2.45, 2.75) is 25.8 Å². The Kier molecular flexibility index (Phi) is 4.35. The number of nitrogens with one attached hydrogen (secondary N) is 1. The number of benzene rings is 1. The first kappa shape index (κ1) is 12.8. The molecule has 0 bridgehead atoms. The van der Waals surface area contributed by atoms with Crippen LogP contribution in [-0.2, 0) is 0 Å². The summed E-state index contributed by atoms with van der Waals surface area (Å²) in [6, 6.07) is 5.09. The zero-order valence-electron chi connectivity index (χ0n) is 9.47. The number of nitriles is 1. The smallest absolute Gasteiger partial charge is 0.256 e. The van der Waals surface area contributed by atoms with Crippen molar-refractivity contribution in [1.82, 2.24) is 5.32 Å². The summed E-state index contributed by atoms with van der Waals surface area (Å²) in [5.74, 6) is -0.956. The molecule has 0 aliphatic carbocycles. The molecule has 0 fully saturated rings. The molecular formula is C12H14N2O3. The third-order valence-corrected chi connectivity index (χ3v) is 2.26. The van der Waals surface area contributed by atoms with Gasteiger partial charge in [0.2, 0.25) is 0 Å². The lowest BCUT2D eigenvalue weighted by atomic mass is 10.1. The van der Waals surface area contributed by atoms with Crippen LogP contribution in [0.25, 0.3) is 0 Å². The summed E-state index contributed by atoms with van der Waals surface area (Å²) in [6.07, 6.45) is 1.33. The molecule has 1 aromatic rings. The van der Waals surface area contributed by atoms with Gasteiger partial charge in [-0.1, -0.05) is 13.3 Å². The fraction of sp³-hybridized carbons (Fsp3) is 0.333. The Morgan fingerprint density at radius 2 is 2.24 bits per heavy atom. The van der Waals surface area contributed by atoms with E-state index in [9.17, 15) is 9.90 Å². The number of carbonyl (C=O) groups excluding carboxylic acids is 1. The van der Waals surface area contributed by atoms with Crippen molar-refractivity contribution in [3.63, 3.8) is 0 Å². The van der Waals surface area contributed by atoms with Crippen LogP contribution in [-0.4, -0.2) is 22.2 Å². The van der Waals surface area contributed by atoms with Crippen molar-refractivity contribution in [1.29, 1.82) is 5.26 Å². The molecule has 0 aliphatic heterocycles. The first-order chi connectivity index (χ1) is 8.08. The zero-order valence-corrected chi connectivity index (χ0v) is 9.47. The lowest BCUT2D eigenvalue weighted by Crippen LogP contribution is -2.33. The quantitative estimate of drug-likeness (QED) is 0.736. The summed E-state index contributed by atoms with van der Waals surface area (Å²) in [5.41, 5.74) is 0.0409. The van der Waals surface area contributed by atoms with Crippen LogP contribution < -0.4 is 5.32 Å². The Bertz CT molecular complexity index is 452. The van der Waals surface area contributed by atoms with Crippen LogP contribution in [0, 0.1) is 11.3 Å². The number of rotatable bonds is 4. The number of carbonyl (C=O) groups is 1. The van der Waals surface area contributed by atoms with Gasteiger partial charge in [-0.05, 0) is 18.6 Å². The van der Waals surface area contributed by atoms with Crippen LogP contribution in [0.3, 0.4) is 0 Å². The van der Waals surface area contributed by atoms with Crippen LogP contribution >= 0.6 is 0 Å². The topological polar surface area (TPSA) is 93.4 Å². The van der Waals surface area contributed by atoms with E-state index in [1.165, 1.54) is 12.1 Å². The van der Waals surface area contributed by atoms with Gasteiger partial charge in [-0.25, -0.2) is 0 Å². The average Bonchev–Trinajstić information content (AvgIpc) is 2.28. The number of hydrogen-bond acceptors (Lipinski definition) is 4. The van der Waals surface area contributed by atoms with E-state index in [1.54, 1.807) is 0 Å². The van der Waals surface area contributed by atoms with Crippen molar-refractivity contribution in [2.24, 2.45) is 0 Å². The highest BCUT2D eigenvalue weighted by atomic mass is 16.3. The normalized spacial score (nSPS) is 11.5. The second-order valence-electron chi connectivity index (χ2n) is 3.65. The van der Waals surface area contributed by atoms with Crippen LogP contribution in [0.15, 0.2) is 18.2 Å². The van der Waals surface area contributed by atoms with Crippen LogP contribution in [0.5, 0.6) is 11.5 Å².